The second-order valence-electron chi connectivity index (χ2n) is 3.95. The molecule has 0 amide bonds. The minimum absolute atomic E-state index is 0.449. The lowest BCUT2D eigenvalue weighted by atomic mass is 10.0. The molecule has 1 aromatic carbocycles. The van der Waals surface area contributed by atoms with Gasteiger partial charge < -0.3 is 15.4 Å². The summed E-state index contributed by atoms with van der Waals surface area (Å²) in [5.74, 6) is 0.830. The fourth-order valence-electron chi connectivity index (χ4n) is 1.71. The molecule has 0 saturated carbocycles. The highest BCUT2D eigenvalue weighted by Crippen LogP contribution is 2.26. The third-order valence-corrected chi connectivity index (χ3v) is 3.20. The van der Waals surface area contributed by atoms with Crippen molar-refractivity contribution in [2.45, 2.75) is 12.5 Å². The van der Waals surface area contributed by atoms with Crippen molar-refractivity contribution in [2.75, 3.05) is 5.73 Å². The van der Waals surface area contributed by atoms with Gasteiger partial charge >= 0.3 is 0 Å². The maximum atomic E-state index is 10.2. The Morgan fingerprint density at radius 3 is 2.94 bits per heavy atom. The molecule has 1 aromatic heterocycles. The number of hydrogen-bond donors (Lipinski definition) is 2. The summed E-state index contributed by atoms with van der Waals surface area (Å²) in [7, 11) is 1.90. The van der Waals surface area contributed by atoms with E-state index >= 15 is 0 Å². The van der Waals surface area contributed by atoms with E-state index in [1.165, 1.54) is 0 Å². The van der Waals surface area contributed by atoms with Crippen molar-refractivity contribution in [3.63, 3.8) is 0 Å². The Morgan fingerprint density at radius 2 is 2.29 bits per heavy atom. The highest BCUT2D eigenvalue weighted by molar-refractivity contribution is 9.10. The smallest absolute Gasteiger partial charge is 0.111 e. The minimum atomic E-state index is -0.645. The quantitative estimate of drug-likeness (QED) is 0.852. The molecule has 1 unspecified atom stereocenters. The van der Waals surface area contributed by atoms with Gasteiger partial charge in [-0.15, -0.1) is 0 Å². The number of nitrogen functional groups attached to an aromatic ring is 1. The standard InChI is InChI=1S/C12H14BrN3O/c1-16-5-4-15-12(16)7-11(17)9-6-8(13)2-3-10(9)14/h2-6,11,17H,7,14H2,1H3. The number of benzene rings is 1. The van der Waals surface area contributed by atoms with E-state index in [0.717, 1.165) is 15.9 Å². The first-order chi connectivity index (χ1) is 8.08. The molecule has 90 valence electrons. The minimum Gasteiger partial charge on any atom is -0.398 e. The predicted octanol–water partition coefficient (Wildman–Crippen LogP) is 2.04. The maximum Gasteiger partial charge on any atom is 0.111 e. The number of nitrogens with two attached hydrogens (primary N) is 1. The number of imidazole rings is 1. The number of hydrogen-bond acceptors (Lipinski definition) is 3. The normalized spacial score (nSPS) is 12.6. The lowest BCUT2D eigenvalue weighted by molar-refractivity contribution is 0.175. The van der Waals surface area contributed by atoms with Gasteiger partial charge in [0.15, 0.2) is 0 Å². The van der Waals surface area contributed by atoms with Crippen molar-refractivity contribution < 1.29 is 5.11 Å². The van der Waals surface area contributed by atoms with E-state index in [1.807, 2.05) is 29.9 Å². The highest BCUT2D eigenvalue weighted by Gasteiger charge is 2.14. The van der Waals surface area contributed by atoms with Gasteiger partial charge in [0.05, 0.1) is 6.10 Å². The van der Waals surface area contributed by atoms with Gasteiger partial charge in [0.25, 0.3) is 0 Å². The largest absolute Gasteiger partial charge is 0.398 e. The molecule has 0 saturated heterocycles. The fourth-order valence-corrected chi connectivity index (χ4v) is 2.09. The van der Waals surface area contributed by atoms with Gasteiger partial charge in [-0.05, 0) is 18.2 Å². The SMILES string of the molecule is Cn1ccnc1CC(O)c1cc(Br)ccc1N. The van der Waals surface area contributed by atoms with Crippen molar-refractivity contribution in [3.8, 4) is 0 Å². The summed E-state index contributed by atoms with van der Waals surface area (Å²) >= 11 is 3.37. The Hall–Kier alpha value is -1.33. The van der Waals surface area contributed by atoms with E-state index < -0.39 is 6.10 Å². The van der Waals surface area contributed by atoms with Crippen LogP contribution >= 0.6 is 15.9 Å². The van der Waals surface area contributed by atoms with Crippen molar-refractivity contribution in [3.05, 3.63) is 46.5 Å². The molecule has 0 aliphatic carbocycles. The van der Waals surface area contributed by atoms with Gasteiger partial charge in [0, 0.05) is 41.6 Å². The second-order valence-corrected chi connectivity index (χ2v) is 4.86. The zero-order valence-corrected chi connectivity index (χ0v) is 11.1. The van der Waals surface area contributed by atoms with E-state index in [-0.39, 0.29) is 0 Å². The molecule has 2 aromatic rings. The van der Waals surface area contributed by atoms with E-state index in [2.05, 4.69) is 20.9 Å². The average molecular weight is 296 g/mol. The Morgan fingerprint density at radius 1 is 1.53 bits per heavy atom. The van der Waals surface area contributed by atoms with Gasteiger partial charge in [-0.1, -0.05) is 15.9 Å². The molecule has 4 nitrogen and oxygen atoms in total. The van der Waals surface area contributed by atoms with Gasteiger partial charge in [0.1, 0.15) is 5.82 Å². The zero-order valence-electron chi connectivity index (χ0n) is 9.47. The Balaban J connectivity index is 2.23. The van der Waals surface area contributed by atoms with Gasteiger partial charge in [-0.2, -0.15) is 0 Å². The molecule has 0 spiro atoms. The number of anilines is 1. The Bertz CT molecular complexity index is 524. The lowest BCUT2D eigenvalue weighted by Gasteiger charge is -2.13. The van der Waals surface area contributed by atoms with Crippen LogP contribution in [0.1, 0.15) is 17.5 Å². The average Bonchev–Trinajstić information content (AvgIpc) is 2.68. The molecule has 0 aliphatic heterocycles. The van der Waals surface area contributed by atoms with Crippen LogP contribution in [0.3, 0.4) is 0 Å². The van der Waals surface area contributed by atoms with E-state index in [4.69, 9.17) is 5.73 Å². The molecule has 17 heavy (non-hydrogen) atoms. The molecular weight excluding hydrogens is 282 g/mol. The lowest BCUT2D eigenvalue weighted by Crippen LogP contribution is -2.08. The van der Waals surface area contributed by atoms with Crippen molar-refractivity contribution in [1.82, 2.24) is 9.55 Å². The van der Waals surface area contributed by atoms with Gasteiger partial charge in [-0.3, -0.25) is 0 Å². The topological polar surface area (TPSA) is 64.1 Å². The number of aliphatic hydroxyl groups excluding tert-OH is 1. The number of nitrogens with zero attached hydrogens (tertiary/aromatic N) is 2. The molecule has 1 atom stereocenters. The van der Waals surface area contributed by atoms with Crippen LogP contribution in [0.25, 0.3) is 0 Å². The number of halogens is 1. The molecule has 0 bridgehead atoms. The number of aliphatic hydroxyl groups is 1. The summed E-state index contributed by atoms with van der Waals surface area (Å²) in [6.45, 7) is 0. The third kappa shape index (κ3) is 2.68. The van der Waals surface area contributed by atoms with Crippen LogP contribution in [0, 0.1) is 0 Å². The van der Waals surface area contributed by atoms with Crippen LogP contribution in [0.2, 0.25) is 0 Å². The molecule has 0 aliphatic rings. The van der Waals surface area contributed by atoms with Crippen molar-refractivity contribution in [2.24, 2.45) is 7.05 Å². The first kappa shape index (κ1) is 12.1. The molecular formula is C12H14BrN3O. The number of aryl methyl sites for hydroxylation is 1. The zero-order chi connectivity index (χ0) is 12.4. The van der Waals surface area contributed by atoms with E-state index in [9.17, 15) is 5.11 Å². The summed E-state index contributed by atoms with van der Waals surface area (Å²) in [6.07, 6.45) is 3.37. The van der Waals surface area contributed by atoms with Crippen LogP contribution < -0.4 is 5.73 Å². The molecule has 0 radical (unpaired) electrons. The molecule has 2 rings (SSSR count). The summed E-state index contributed by atoms with van der Waals surface area (Å²) < 4.78 is 2.79. The van der Waals surface area contributed by atoms with E-state index in [0.29, 0.717) is 12.1 Å². The van der Waals surface area contributed by atoms with Gasteiger partial charge in [0.2, 0.25) is 0 Å². The third-order valence-electron chi connectivity index (χ3n) is 2.70. The van der Waals surface area contributed by atoms with Gasteiger partial charge in [-0.25, -0.2) is 4.98 Å². The molecule has 3 N–H and O–H groups in total. The first-order valence-electron chi connectivity index (χ1n) is 5.27. The number of aromatic nitrogens is 2. The summed E-state index contributed by atoms with van der Waals surface area (Å²) in [4.78, 5) is 4.18. The van der Waals surface area contributed by atoms with Crippen LogP contribution in [-0.4, -0.2) is 14.7 Å². The highest BCUT2D eigenvalue weighted by atomic mass is 79.9. The number of rotatable bonds is 3. The van der Waals surface area contributed by atoms with Crippen molar-refractivity contribution in [1.29, 1.82) is 0 Å². The molecule has 5 heteroatoms. The Kier molecular flexibility index (Phi) is 3.49. The van der Waals surface area contributed by atoms with Crippen molar-refractivity contribution >= 4 is 21.6 Å². The monoisotopic (exact) mass is 295 g/mol. The fraction of sp³-hybridized carbons (Fsp3) is 0.250. The van der Waals surface area contributed by atoms with E-state index in [1.54, 1.807) is 12.3 Å². The van der Waals surface area contributed by atoms with Crippen LogP contribution in [0.15, 0.2) is 35.1 Å². The maximum absolute atomic E-state index is 10.2. The Labute approximate surface area is 108 Å². The van der Waals surface area contributed by atoms with Crippen LogP contribution in [-0.2, 0) is 13.5 Å². The molecule has 1 heterocycles. The second kappa shape index (κ2) is 4.89. The molecule has 0 fully saturated rings. The van der Waals surface area contributed by atoms with Crippen LogP contribution in [0.4, 0.5) is 5.69 Å². The predicted molar refractivity (Wildman–Crippen MR) is 70.4 cm³/mol. The first-order valence-corrected chi connectivity index (χ1v) is 6.06. The summed E-state index contributed by atoms with van der Waals surface area (Å²) in [5, 5.41) is 10.2. The van der Waals surface area contributed by atoms with Crippen LogP contribution in [0.5, 0.6) is 0 Å². The summed E-state index contributed by atoms with van der Waals surface area (Å²) in [5.41, 5.74) is 7.17. The summed E-state index contributed by atoms with van der Waals surface area (Å²) in [6, 6.07) is 5.47.